The summed E-state index contributed by atoms with van der Waals surface area (Å²) in [6.07, 6.45) is 6.99. The molecule has 100 valence electrons. The number of carbonyl (C=O) groups excluding carboxylic acids is 1. The highest BCUT2D eigenvalue weighted by molar-refractivity contribution is 5.77. The molecule has 0 unspecified atom stereocenters. The lowest BCUT2D eigenvalue weighted by molar-refractivity contribution is -0.150. The first-order valence-electron chi connectivity index (χ1n) is 6.45. The molecule has 0 bridgehead atoms. The Kier molecular flexibility index (Phi) is 3.59. The van der Waals surface area contributed by atoms with Crippen LogP contribution in [0.2, 0.25) is 0 Å². The van der Waals surface area contributed by atoms with Crippen LogP contribution in [0, 0.1) is 5.41 Å². The van der Waals surface area contributed by atoms with E-state index in [1.165, 1.54) is 0 Å². The summed E-state index contributed by atoms with van der Waals surface area (Å²) in [6.45, 7) is 2.80. The van der Waals surface area contributed by atoms with E-state index >= 15 is 0 Å². The van der Waals surface area contributed by atoms with E-state index in [0.29, 0.717) is 25.9 Å². The summed E-state index contributed by atoms with van der Waals surface area (Å²) < 4.78 is 0. The van der Waals surface area contributed by atoms with Gasteiger partial charge in [-0.3, -0.25) is 4.79 Å². The van der Waals surface area contributed by atoms with Crippen LogP contribution in [-0.4, -0.2) is 41.1 Å². The second kappa shape index (κ2) is 5.00. The van der Waals surface area contributed by atoms with Gasteiger partial charge in [-0.2, -0.15) is 0 Å². The first-order chi connectivity index (χ1) is 8.51. The lowest BCUT2D eigenvalue weighted by atomic mass is 9.80. The third-order valence-electron chi connectivity index (χ3n) is 4.01. The Morgan fingerprint density at radius 1 is 1.28 bits per heavy atom. The number of nitrogens with one attached hydrogen (secondary N) is 1. The monoisotopic (exact) mass is 252 g/mol. The van der Waals surface area contributed by atoms with Crippen LogP contribution in [0.3, 0.4) is 0 Å². The number of aliphatic carboxylic acids is 1. The fourth-order valence-corrected chi connectivity index (χ4v) is 2.42. The molecule has 0 radical (unpaired) electrons. The standard InChI is InChI=1S/C13H20N2O3/c1-13(11(16)17)6-8-15(9-7-13)12(18)14-10-4-2-3-5-10/h2-3,10H,4-9H2,1H3,(H,14,18)(H,16,17). The number of hydrogen-bond acceptors (Lipinski definition) is 2. The highest BCUT2D eigenvalue weighted by Gasteiger charge is 2.38. The number of nitrogens with zero attached hydrogens (tertiary/aromatic N) is 1. The molecule has 2 rings (SSSR count). The van der Waals surface area contributed by atoms with E-state index in [2.05, 4.69) is 17.5 Å². The maximum absolute atomic E-state index is 12.0. The van der Waals surface area contributed by atoms with Crippen LogP contribution in [0.25, 0.3) is 0 Å². The summed E-state index contributed by atoms with van der Waals surface area (Å²) in [4.78, 5) is 24.8. The first kappa shape index (κ1) is 12.9. The van der Waals surface area contributed by atoms with Crippen molar-refractivity contribution in [3.05, 3.63) is 12.2 Å². The molecule has 2 amide bonds. The van der Waals surface area contributed by atoms with E-state index in [1.54, 1.807) is 11.8 Å². The number of hydrogen-bond donors (Lipinski definition) is 2. The van der Waals surface area contributed by atoms with Crippen molar-refractivity contribution >= 4 is 12.0 Å². The molecule has 5 heteroatoms. The molecule has 1 aliphatic carbocycles. The van der Waals surface area contributed by atoms with Crippen LogP contribution >= 0.6 is 0 Å². The predicted octanol–water partition coefficient (Wildman–Crippen LogP) is 1.60. The van der Waals surface area contributed by atoms with Gasteiger partial charge in [-0.1, -0.05) is 12.2 Å². The Morgan fingerprint density at radius 2 is 1.83 bits per heavy atom. The minimum Gasteiger partial charge on any atom is -0.481 e. The molecule has 0 atom stereocenters. The van der Waals surface area contributed by atoms with Crippen molar-refractivity contribution in [2.24, 2.45) is 5.41 Å². The summed E-state index contributed by atoms with van der Waals surface area (Å²) in [6, 6.07) is 0.154. The average Bonchev–Trinajstić information content (AvgIpc) is 2.82. The quantitative estimate of drug-likeness (QED) is 0.733. The van der Waals surface area contributed by atoms with Gasteiger partial charge in [0.15, 0.2) is 0 Å². The Bertz CT molecular complexity index is 362. The van der Waals surface area contributed by atoms with Crippen molar-refractivity contribution in [1.82, 2.24) is 10.2 Å². The second-order valence-corrected chi connectivity index (χ2v) is 5.44. The normalized spacial score (nSPS) is 23.1. The zero-order valence-electron chi connectivity index (χ0n) is 10.7. The number of urea groups is 1. The van der Waals surface area contributed by atoms with E-state index in [9.17, 15) is 9.59 Å². The molecule has 1 saturated heterocycles. The second-order valence-electron chi connectivity index (χ2n) is 5.44. The molecule has 0 saturated carbocycles. The minimum atomic E-state index is -0.762. The molecule has 0 aromatic rings. The number of carboxylic acids is 1. The van der Waals surface area contributed by atoms with Gasteiger partial charge in [-0.15, -0.1) is 0 Å². The van der Waals surface area contributed by atoms with Crippen molar-refractivity contribution in [3.8, 4) is 0 Å². The van der Waals surface area contributed by atoms with Crippen molar-refractivity contribution in [1.29, 1.82) is 0 Å². The maximum Gasteiger partial charge on any atom is 0.317 e. The Morgan fingerprint density at radius 3 is 2.33 bits per heavy atom. The molecular formula is C13H20N2O3. The van der Waals surface area contributed by atoms with Crippen molar-refractivity contribution in [3.63, 3.8) is 0 Å². The number of amides is 2. The fourth-order valence-electron chi connectivity index (χ4n) is 2.42. The van der Waals surface area contributed by atoms with Gasteiger partial charge in [-0.25, -0.2) is 4.79 Å². The molecule has 2 N–H and O–H groups in total. The van der Waals surface area contributed by atoms with Gasteiger partial charge >= 0.3 is 12.0 Å². The van der Waals surface area contributed by atoms with Crippen LogP contribution in [0.5, 0.6) is 0 Å². The van der Waals surface area contributed by atoms with Crippen LogP contribution in [0.15, 0.2) is 12.2 Å². The lowest BCUT2D eigenvalue weighted by Gasteiger charge is -2.36. The van der Waals surface area contributed by atoms with Gasteiger partial charge in [0, 0.05) is 19.1 Å². The molecule has 0 aromatic heterocycles. The van der Waals surface area contributed by atoms with Gasteiger partial charge in [0.2, 0.25) is 0 Å². The Hall–Kier alpha value is -1.52. The van der Waals surface area contributed by atoms with Crippen molar-refractivity contribution < 1.29 is 14.7 Å². The summed E-state index contributed by atoms with van der Waals surface area (Å²) in [5, 5.41) is 12.1. The fraction of sp³-hybridized carbons (Fsp3) is 0.692. The van der Waals surface area contributed by atoms with E-state index < -0.39 is 11.4 Å². The molecule has 5 nitrogen and oxygen atoms in total. The SMILES string of the molecule is CC1(C(=O)O)CCN(C(=O)NC2CC=CC2)CC1. The largest absolute Gasteiger partial charge is 0.481 e. The van der Waals surface area contributed by atoms with Crippen LogP contribution < -0.4 is 5.32 Å². The minimum absolute atomic E-state index is 0.0591. The first-order valence-corrected chi connectivity index (χ1v) is 6.45. The van der Waals surface area contributed by atoms with Gasteiger partial charge < -0.3 is 15.3 Å². The van der Waals surface area contributed by atoms with Gasteiger partial charge in [0.1, 0.15) is 0 Å². The highest BCUT2D eigenvalue weighted by Crippen LogP contribution is 2.31. The van der Waals surface area contributed by atoms with Crippen molar-refractivity contribution in [2.45, 2.75) is 38.6 Å². The average molecular weight is 252 g/mol. The predicted molar refractivity (Wildman–Crippen MR) is 67.2 cm³/mol. The smallest absolute Gasteiger partial charge is 0.317 e. The Balaban J connectivity index is 1.82. The Labute approximate surface area is 107 Å². The van der Waals surface area contributed by atoms with E-state index in [4.69, 9.17) is 5.11 Å². The summed E-state index contributed by atoms with van der Waals surface area (Å²) in [7, 11) is 0. The maximum atomic E-state index is 12.0. The number of piperidine rings is 1. The van der Waals surface area contributed by atoms with Crippen LogP contribution in [-0.2, 0) is 4.79 Å². The lowest BCUT2D eigenvalue weighted by Crippen LogP contribution is -2.50. The van der Waals surface area contributed by atoms with Gasteiger partial charge in [-0.05, 0) is 32.6 Å². The summed E-state index contributed by atoms with van der Waals surface area (Å²) in [5.74, 6) is -0.762. The van der Waals surface area contributed by atoms with Crippen LogP contribution in [0.1, 0.15) is 32.6 Å². The summed E-state index contributed by atoms with van der Waals surface area (Å²) in [5.41, 5.74) is -0.675. The molecule has 1 fully saturated rings. The molecule has 0 aromatic carbocycles. The highest BCUT2D eigenvalue weighted by atomic mass is 16.4. The number of carbonyl (C=O) groups is 2. The molecule has 0 spiro atoms. The molecular weight excluding hydrogens is 232 g/mol. The van der Waals surface area contributed by atoms with Gasteiger partial charge in [0.25, 0.3) is 0 Å². The zero-order valence-corrected chi connectivity index (χ0v) is 10.7. The topological polar surface area (TPSA) is 69.6 Å². The van der Waals surface area contributed by atoms with Crippen molar-refractivity contribution in [2.75, 3.05) is 13.1 Å². The third-order valence-corrected chi connectivity index (χ3v) is 4.01. The molecule has 18 heavy (non-hydrogen) atoms. The van der Waals surface area contributed by atoms with E-state index in [1.807, 2.05) is 0 Å². The van der Waals surface area contributed by atoms with Crippen LogP contribution in [0.4, 0.5) is 4.79 Å². The zero-order chi connectivity index (χ0) is 13.2. The van der Waals surface area contributed by atoms with Gasteiger partial charge in [0.05, 0.1) is 5.41 Å². The number of carboxylic acid groups (broad SMARTS) is 1. The molecule has 1 heterocycles. The number of likely N-dealkylation sites (tertiary alicyclic amines) is 1. The van der Waals surface area contributed by atoms with E-state index in [0.717, 1.165) is 12.8 Å². The molecule has 2 aliphatic rings. The number of rotatable bonds is 2. The van der Waals surface area contributed by atoms with E-state index in [-0.39, 0.29) is 12.1 Å². The third kappa shape index (κ3) is 2.66. The molecule has 1 aliphatic heterocycles. The summed E-state index contributed by atoms with van der Waals surface area (Å²) >= 11 is 0.